The molecule has 18 heavy (non-hydrogen) atoms. The summed E-state index contributed by atoms with van der Waals surface area (Å²) in [5.41, 5.74) is 0.768. The maximum absolute atomic E-state index is 6.05. The summed E-state index contributed by atoms with van der Waals surface area (Å²) in [6, 6.07) is 7.98. The van der Waals surface area contributed by atoms with Crippen LogP contribution >= 0.6 is 11.6 Å². The molecular formula is C12H12ClN5. The third kappa shape index (κ3) is 2.68. The highest BCUT2D eigenvalue weighted by Crippen LogP contribution is 2.25. The van der Waals surface area contributed by atoms with E-state index in [1.165, 1.54) is 12.8 Å². The molecular weight excluding hydrogens is 250 g/mol. The summed E-state index contributed by atoms with van der Waals surface area (Å²) >= 11 is 6.05. The molecule has 0 aliphatic heterocycles. The van der Waals surface area contributed by atoms with Crippen LogP contribution in [0.4, 0.5) is 17.5 Å². The van der Waals surface area contributed by atoms with Gasteiger partial charge in [0.15, 0.2) is 5.82 Å². The standard InChI is InChI=1S/C12H12ClN5/c13-9-3-1-2-4-10(9)16-12-17-11(7-14-18-12)15-8-5-6-8/h1-4,7-8H,5-6H2,(H2,15,16,17,18). The van der Waals surface area contributed by atoms with E-state index in [-0.39, 0.29) is 0 Å². The lowest BCUT2D eigenvalue weighted by Gasteiger charge is -2.07. The Bertz CT molecular complexity index is 556. The molecule has 1 heterocycles. The lowest BCUT2D eigenvalue weighted by molar-refractivity contribution is 0.965. The Morgan fingerprint density at radius 2 is 2.06 bits per heavy atom. The smallest absolute Gasteiger partial charge is 0.249 e. The highest BCUT2D eigenvalue weighted by molar-refractivity contribution is 6.33. The summed E-state index contributed by atoms with van der Waals surface area (Å²) in [6.45, 7) is 0. The number of hydrogen-bond acceptors (Lipinski definition) is 5. The highest BCUT2D eigenvalue weighted by atomic mass is 35.5. The van der Waals surface area contributed by atoms with Gasteiger partial charge < -0.3 is 10.6 Å². The number of halogens is 1. The molecule has 1 aromatic carbocycles. The number of hydrogen-bond donors (Lipinski definition) is 2. The van der Waals surface area contributed by atoms with Crippen LogP contribution in [0.3, 0.4) is 0 Å². The third-order valence-electron chi connectivity index (χ3n) is 2.61. The van der Waals surface area contributed by atoms with E-state index in [1.807, 2.05) is 24.3 Å². The zero-order valence-electron chi connectivity index (χ0n) is 9.60. The zero-order chi connectivity index (χ0) is 12.4. The zero-order valence-corrected chi connectivity index (χ0v) is 10.4. The van der Waals surface area contributed by atoms with E-state index < -0.39 is 0 Å². The van der Waals surface area contributed by atoms with Crippen molar-refractivity contribution < 1.29 is 0 Å². The largest absolute Gasteiger partial charge is 0.366 e. The van der Waals surface area contributed by atoms with Gasteiger partial charge in [-0.2, -0.15) is 10.1 Å². The Hall–Kier alpha value is -1.88. The highest BCUT2D eigenvalue weighted by Gasteiger charge is 2.21. The number of para-hydroxylation sites is 1. The van der Waals surface area contributed by atoms with Crippen molar-refractivity contribution in [2.24, 2.45) is 0 Å². The topological polar surface area (TPSA) is 62.7 Å². The number of anilines is 3. The van der Waals surface area contributed by atoms with Gasteiger partial charge in [0.05, 0.1) is 16.9 Å². The Labute approximate surface area is 110 Å². The van der Waals surface area contributed by atoms with Gasteiger partial charge in [0, 0.05) is 6.04 Å². The van der Waals surface area contributed by atoms with Crippen LogP contribution < -0.4 is 10.6 Å². The molecule has 92 valence electrons. The summed E-state index contributed by atoms with van der Waals surface area (Å²) in [5.74, 6) is 1.18. The van der Waals surface area contributed by atoms with Crippen LogP contribution in [-0.2, 0) is 0 Å². The number of nitrogens with zero attached hydrogens (tertiary/aromatic N) is 3. The first-order valence-electron chi connectivity index (χ1n) is 5.79. The number of benzene rings is 1. The molecule has 2 N–H and O–H groups in total. The van der Waals surface area contributed by atoms with Gasteiger partial charge in [0.1, 0.15) is 0 Å². The summed E-state index contributed by atoms with van der Waals surface area (Å²) in [6.07, 6.45) is 4.00. The van der Waals surface area contributed by atoms with Crippen molar-refractivity contribution in [1.29, 1.82) is 0 Å². The third-order valence-corrected chi connectivity index (χ3v) is 2.94. The first-order chi connectivity index (χ1) is 8.81. The van der Waals surface area contributed by atoms with Gasteiger partial charge in [-0.15, -0.1) is 5.10 Å². The molecule has 0 amide bonds. The molecule has 6 heteroatoms. The number of nitrogens with one attached hydrogen (secondary N) is 2. The minimum atomic E-state index is 0.439. The second kappa shape index (κ2) is 4.78. The van der Waals surface area contributed by atoms with Crippen LogP contribution in [0.5, 0.6) is 0 Å². The second-order valence-corrected chi connectivity index (χ2v) is 4.60. The van der Waals surface area contributed by atoms with E-state index in [2.05, 4.69) is 25.8 Å². The molecule has 0 saturated heterocycles. The van der Waals surface area contributed by atoms with Crippen LogP contribution in [0.2, 0.25) is 5.02 Å². The maximum Gasteiger partial charge on any atom is 0.249 e. The average Bonchev–Trinajstić information content (AvgIpc) is 3.17. The number of aromatic nitrogens is 3. The van der Waals surface area contributed by atoms with Crippen molar-refractivity contribution >= 4 is 29.1 Å². The van der Waals surface area contributed by atoms with Crippen LogP contribution in [0.25, 0.3) is 0 Å². The van der Waals surface area contributed by atoms with E-state index in [0.717, 1.165) is 11.5 Å². The van der Waals surface area contributed by atoms with Crippen LogP contribution in [0.1, 0.15) is 12.8 Å². The quantitative estimate of drug-likeness (QED) is 0.886. The van der Waals surface area contributed by atoms with Crippen LogP contribution in [0, 0.1) is 0 Å². The predicted octanol–water partition coefficient (Wildman–Crippen LogP) is 2.84. The summed E-state index contributed by atoms with van der Waals surface area (Å²) in [7, 11) is 0. The fraction of sp³-hybridized carbons (Fsp3) is 0.250. The molecule has 0 atom stereocenters. The summed E-state index contributed by atoms with van der Waals surface area (Å²) in [5, 5.41) is 14.8. The minimum absolute atomic E-state index is 0.439. The van der Waals surface area contributed by atoms with Crippen LogP contribution in [-0.4, -0.2) is 21.2 Å². The van der Waals surface area contributed by atoms with E-state index in [4.69, 9.17) is 11.6 Å². The Morgan fingerprint density at radius 3 is 2.83 bits per heavy atom. The summed E-state index contributed by atoms with van der Waals surface area (Å²) < 4.78 is 0. The van der Waals surface area contributed by atoms with Gasteiger partial charge in [-0.25, -0.2) is 0 Å². The van der Waals surface area contributed by atoms with Crippen molar-refractivity contribution in [3.63, 3.8) is 0 Å². The molecule has 1 saturated carbocycles. The first kappa shape index (κ1) is 11.2. The van der Waals surface area contributed by atoms with Gasteiger partial charge in [-0.3, -0.25) is 0 Å². The second-order valence-electron chi connectivity index (χ2n) is 4.19. The average molecular weight is 262 g/mol. The molecule has 1 aliphatic carbocycles. The van der Waals surface area contributed by atoms with Gasteiger partial charge in [-0.1, -0.05) is 23.7 Å². The molecule has 1 aromatic heterocycles. The van der Waals surface area contributed by atoms with Crippen molar-refractivity contribution in [2.75, 3.05) is 10.6 Å². The molecule has 0 radical (unpaired) electrons. The van der Waals surface area contributed by atoms with Crippen molar-refractivity contribution in [3.8, 4) is 0 Å². The Morgan fingerprint density at radius 1 is 1.22 bits per heavy atom. The van der Waals surface area contributed by atoms with Gasteiger partial charge in [-0.05, 0) is 25.0 Å². The van der Waals surface area contributed by atoms with Crippen molar-refractivity contribution in [1.82, 2.24) is 15.2 Å². The lowest BCUT2D eigenvalue weighted by atomic mass is 10.3. The molecule has 5 nitrogen and oxygen atoms in total. The monoisotopic (exact) mass is 261 g/mol. The molecule has 1 aliphatic rings. The fourth-order valence-corrected chi connectivity index (χ4v) is 1.73. The van der Waals surface area contributed by atoms with E-state index in [9.17, 15) is 0 Å². The molecule has 0 bridgehead atoms. The fourth-order valence-electron chi connectivity index (χ4n) is 1.55. The minimum Gasteiger partial charge on any atom is -0.366 e. The molecule has 3 rings (SSSR count). The van der Waals surface area contributed by atoms with Crippen LogP contribution in [0.15, 0.2) is 30.5 Å². The predicted molar refractivity (Wildman–Crippen MR) is 71.2 cm³/mol. The van der Waals surface area contributed by atoms with Gasteiger partial charge in [0.25, 0.3) is 0 Å². The Kier molecular flexibility index (Phi) is 2.98. The summed E-state index contributed by atoms with van der Waals surface area (Å²) in [4.78, 5) is 4.33. The molecule has 0 spiro atoms. The Balaban J connectivity index is 1.77. The molecule has 1 fully saturated rings. The van der Waals surface area contributed by atoms with Crippen molar-refractivity contribution in [2.45, 2.75) is 18.9 Å². The van der Waals surface area contributed by atoms with E-state index in [1.54, 1.807) is 6.20 Å². The first-order valence-corrected chi connectivity index (χ1v) is 6.17. The van der Waals surface area contributed by atoms with Gasteiger partial charge >= 0.3 is 0 Å². The maximum atomic E-state index is 6.05. The van der Waals surface area contributed by atoms with Gasteiger partial charge in [0.2, 0.25) is 5.95 Å². The normalized spacial score (nSPS) is 14.3. The van der Waals surface area contributed by atoms with E-state index in [0.29, 0.717) is 17.0 Å². The molecule has 2 aromatic rings. The SMILES string of the molecule is Clc1ccccc1Nc1nncc(NC2CC2)n1. The lowest BCUT2D eigenvalue weighted by Crippen LogP contribution is -2.06. The van der Waals surface area contributed by atoms with Crippen molar-refractivity contribution in [3.05, 3.63) is 35.5 Å². The number of rotatable bonds is 4. The molecule has 0 unspecified atom stereocenters. The van der Waals surface area contributed by atoms with E-state index >= 15 is 0 Å².